The van der Waals surface area contributed by atoms with Crippen LogP contribution in [0.5, 0.6) is 5.88 Å². The van der Waals surface area contributed by atoms with E-state index in [0.717, 1.165) is 6.42 Å². The summed E-state index contributed by atoms with van der Waals surface area (Å²) < 4.78 is 5.57. The Morgan fingerprint density at radius 2 is 1.95 bits per heavy atom. The van der Waals surface area contributed by atoms with Gasteiger partial charge in [-0.15, -0.1) is 0 Å². The maximum absolute atomic E-state index is 9.83. The molecule has 1 heterocycles. The zero-order valence-corrected chi connectivity index (χ0v) is 12.9. The minimum atomic E-state index is -0.380. The van der Waals surface area contributed by atoms with Gasteiger partial charge >= 0.3 is 0 Å². The van der Waals surface area contributed by atoms with E-state index in [1.54, 1.807) is 12.1 Å². The van der Waals surface area contributed by atoms with Gasteiger partial charge in [0, 0.05) is 6.54 Å². The summed E-state index contributed by atoms with van der Waals surface area (Å²) in [6.45, 7) is 9.36. The number of nitrogens with zero attached hydrogens (tertiary/aromatic N) is 1. The summed E-state index contributed by atoms with van der Waals surface area (Å²) in [7, 11) is 0. The highest BCUT2D eigenvalue weighted by molar-refractivity contribution is 5.53. The lowest BCUT2D eigenvalue weighted by Crippen LogP contribution is -2.21. The summed E-state index contributed by atoms with van der Waals surface area (Å²) in [5.41, 5.74) is 6.36. The first-order valence-corrected chi connectivity index (χ1v) is 7.19. The highest BCUT2D eigenvalue weighted by atomic mass is 16.5. The Morgan fingerprint density at radius 3 is 2.55 bits per heavy atom. The number of nitrogen functional groups attached to an aromatic ring is 1. The molecule has 1 rings (SSSR count). The fourth-order valence-corrected chi connectivity index (χ4v) is 1.76. The van der Waals surface area contributed by atoms with Crippen LogP contribution in [-0.2, 0) is 0 Å². The first-order valence-electron chi connectivity index (χ1n) is 7.19. The van der Waals surface area contributed by atoms with Crippen molar-refractivity contribution in [1.82, 2.24) is 4.98 Å². The van der Waals surface area contributed by atoms with Crippen molar-refractivity contribution in [3.05, 3.63) is 12.1 Å². The predicted molar refractivity (Wildman–Crippen MR) is 82.9 cm³/mol. The molecule has 5 nitrogen and oxygen atoms in total. The van der Waals surface area contributed by atoms with Crippen LogP contribution in [0.3, 0.4) is 0 Å². The highest BCUT2D eigenvalue weighted by Gasteiger charge is 2.09. The summed E-state index contributed by atoms with van der Waals surface area (Å²) in [5, 5.41) is 12.9. The van der Waals surface area contributed by atoms with Crippen molar-refractivity contribution in [3.8, 4) is 5.88 Å². The van der Waals surface area contributed by atoms with E-state index < -0.39 is 0 Å². The number of ether oxygens (including phenoxy) is 1. The van der Waals surface area contributed by atoms with Crippen LogP contribution in [0.25, 0.3) is 0 Å². The second-order valence-corrected chi connectivity index (χ2v) is 5.96. The van der Waals surface area contributed by atoms with Crippen LogP contribution in [0.4, 0.5) is 11.5 Å². The maximum atomic E-state index is 9.83. The van der Waals surface area contributed by atoms with Gasteiger partial charge in [0.15, 0.2) is 0 Å². The smallest absolute Gasteiger partial charge is 0.239 e. The van der Waals surface area contributed by atoms with Gasteiger partial charge in [0.05, 0.1) is 18.4 Å². The standard InChI is InChI=1S/C15H27N3O2/c1-10(2)7-12(19)8-17-14-6-5-13(16)15(18-14)20-9-11(3)4/h5-6,10-12,19H,7-9,16H2,1-4H3,(H,17,18). The Labute approximate surface area is 121 Å². The third kappa shape index (κ3) is 6.10. The number of anilines is 2. The van der Waals surface area contributed by atoms with Gasteiger partial charge in [-0.05, 0) is 30.4 Å². The van der Waals surface area contributed by atoms with Gasteiger partial charge in [0.25, 0.3) is 0 Å². The molecule has 0 amide bonds. The third-order valence-corrected chi connectivity index (χ3v) is 2.71. The number of aromatic nitrogens is 1. The zero-order chi connectivity index (χ0) is 15.1. The third-order valence-electron chi connectivity index (χ3n) is 2.71. The Hall–Kier alpha value is -1.49. The van der Waals surface area contributed by atoms with E-state index in [-0.39, 0.29) is 6.10 Å². The van der Waals surface area contributed by atoms with Crippen molar-refractivity contribution < 1.29 is 9.84 Å². The lowest BCUT2D eigenvalue weighted by molar-refractivity contribution is 0.161. The van der Waals surface area contributed by atoms with E-state index in [2.05, 4.69) is 38.0 Å². The van der Waals surface area contributed by atoms with Crippen LogP contribution < -0.4 is 15.8 Å². The summed E-state index contributed by atoms with van der Waals surface area (Å²) in [5.74, 6) is 2.00. The molecule has 0 aromatic carbocycles. The lowest BCUT2D eigenvalue weighted by Gasteiger charge is -2.15. The van der Waals surface area contributed by atoms with Gasteiger partial charge in [0.2, 0.25) is 5.88 Å². The minimum Gasteiger partial charge on any atom is -0.476 e. The van der Waals surface area contributed by atoms with E-state index in [4.69, 9.17) is 10.5 Å². The largest absolute Gasteiger partial charge is 0.476 e. The molecular formula is C15H27N3O2. The van der Waals surface area contributed by atoms with Crippen molar-refractivity contribution in [1.29, 1.82) is 0 Å². The molecular weight excluding hydrogens is 254 g/mol. The Morgan fingerprint density at radius 1 is 1.25 bits per heavy atom. The molecule has 1 unspecified atom stereocenters. The number of pyridine rings is 1. The van der Waals surface area contributed by atoms with Gasteiger partial charge in [-0.1, -0.05) is 27.7 Å². The second-order valence-electron chi connectivity index (χ2n) is 5.96. The Balaban J connectivity index is 2.56. The average molecular weight is 281 g/mol. The summed E-state index contributed by atoms with van der Waals surface area (Å²) in [4.78, 5) is 4.33. The molecule has 5 heteroatoms. The van der Waals surface area contributed by atoms with Crippen LogP contribution in [0, 0.1) is 11.8 Å². The number of rotatable bonds is 8. The molecule has 0 spiro atoms. The molecule has 0 bridgehead atoms. The maximum Gasteiger partial charge on any atom is 0.239 e. The van der Waals surface area contributed by atoms with Gasteiger partial charge in [0.1, 0.15) is 5.82 Å². The zero-order valence-electron chi connectivity index (χ0n) is 12.9. The topological polar surface area (TPSA) is 80.4 Å². The van der Waals surface area contributed by atoms with Crippen molar-refractivity contribution >= 4 is 11.5 Å². The van der Waals surface area contributed by atoms with Crippen LogP contribution >= 0.6 is 0 Å². The van der Waals surface area contributed by atoms with Crippen molar-refractivity contribution in [2.24, 2.45) is 11.8 Å². The molecule has 0 saturated carbocycles. The highest BCUT2D eigenvalue weighted by Crippen LogP contribution is 2.21. The monoisotopic (exact) mass is 281 g/mol. The molecule has 0 aliphatic rings. The van der Waals surface area contributed by atoms with Crippen LogP contribution in [-0.4, -0.2) is 29.3 Å². The summed E-state index contributed by atoms with van der Waals surface area (Å²) in [6.07, 6.45) is 0.382. The number of hydrogen-bond acceptors (Lipinski definition) is 5. The van der Waals surface area contributed by atoms with Gasteiger partial charge in [-0.25, -0.2) is 0 Å². The van der Waals surface area contributed by atoms with E-state index in [0.29, 0.717) is 42.4 Å². The first kappa shape index (κ1) is 16.6. The number of aliphatic hydroxyl groups excluding tert-OH is 1. The second kappa shape index (κ2) is 7.94. The Kier molecular flexibility index (Phi) is 6.58. The molecule has 0 fully saturated rings. The number of hydrogen-bond donors (Lipinski definition) is 3. The van der Waals surface area contributed by atoms with Crippen LogP contribution in [0.15, 0.2) is 12.1 Å². The number of aliphatic hydroxyl groups is 1. The van der Waals surface area contributed by atoms with Gasteiger partial charge in [-0.2, -0.15) is 4.98 Å². The summed E-state index contributed by atoms with van der Waals surface area (Å²) in [6, 6.07) is 3.56. The minimum absolute atomic E-state index is 0.380. The van der Waals surface area contributed by atoms with E-state index in [1.807, 2.05) is 0 Å². The van der Waals surface area contributed by atoms with E-state index in [9.17, 15) is 5.11 Å². The SMILES string of the molecule is CC(C)COc1nc(NCC(O)CC(C)C)ccc1N. The molecule has 1 atom stereocenters. The van der Waals surface area contributed by atoms with Gasteiger partial charge in [-0.3, -0.25) is 0 Å². The molecule has 0 radical (unpaired) electrons. The molecule has 0 aliphatic carbocycles. The first-order chi connectivity index (χ1) is 9.38. The Bertz CT molecular complexity index is 408. The predicted octanol–water partition coefficient (Wildman–Crippen LogP) is 2.52. The number of nitrogens with one attached hydrogen (secondary N) is 1. The van der Waals surface area contributed by atoms with E-state index >= 15 is 0 Å². The lowest BCUT2D eigenvalue weighted by atomic mass is 10.1. The van der Waals surface area contributed by atoms with E-state index in [1.165, 1.54) is 0 Å². The molecule has 20 heavy (non-hydrogen) atoms. The van der Waals surface area contributed by atoms with Gasteiger partial charge < -0.3 is 20.9 Å². The van der Waals surface area contributed by atoms with Crippen LogP contribution in [0.1, 0.15) is 34.1 Å². The normalized spacial score (nSPS) is 12.8. The fourth-order valence-electron chi connectivity index (χ4n) is 1.76. The quantitative estimate of drug-likeness (QED) is 0.682. The molecule has 1 aromatic rings. The van der Waals surface area contributed by atoms with Crippen molar-refractivity contribution in [3.63, 3.8) is 0 Å². The van der Waals surface area contributed by atoms with Crippen molar-refractivity contribution in [2.45, 2.75) is 40.2 Å². The summed E-state index contributed by atoms with van der Waals surface area (Å²) >= 11 is 0. The molecule has 114 valence electrons. The fraction of sp³-hybridized carbons (Fsp3) is 0.667. The average Bonchev–Trinajstić information content (AvgIpc) is 2.35. The number of nitrogens with two attached hydrogens (primary N) is 1. The molecule has 1 aromatic heterocycles. The molecule has 0 saturated heterocycles. The van der Waals surface area contributed by atoms with Crippen molar-refractivity contribution in [2.75, 3.05) is 24.2 Å². The molecule has 0 aliphatic heterocycles. The molecule has 4 N–H and O–H groups in total. The van der Waals surface area contributed by atoms with Crippen LogP contribution in [0.2, 0.25) is 0 Å².